The second-order valence-corrected chi connectivity index (χ2v) is 9.98. The molecule has 0 unspecified atom stereocenters. The number of halogens is 1. The van der Waals surface area contributed by atoms with Gasteiger partial charge in [-0.15, -0.1) is 0 Å². The summed E-state index contributed by atoms with van der Waals surface area (Å²) in [5, 5.41) is 3.20. The quantitative estimate of drug-likeness (QED) is 0.272. The predicted molar refractivity (Wildman–Crippen MR) is 132 cm³/mol. The highest BCUT2D eigenvalue weighted by Gasteiger charge is 2.27. The van der Waals surface area contributed by atoms with E-state index in [2.05, 4.69) is 0 Å². The zero-order chi connectivity index (χ0) is 23.0. The van der Waals surface area contributed by atoms with Gasteiger partial charge in [-0.05, 0) is 59.0 Å². The van der Waals surface area contributed by atoms with Crippen molar-refractivity contribution in [3.8, 4) is 0 Å². The lowest BCUT2D eigenvalue weighted by atomic mass is 10.00. The highest BCUT2D eigenvalue weighted by Crippen LogP contribution is 2.38. The van der Waals surface area contributed by atoms with Crippen molar-refractivity contribution in [1.82, 2.24) is 0 Å². The van der Waals surface area contributed by atoms with Gasteiger partial charge in [0.15, 0.2) is 0 Å². The van der Waals surface area contributed by atoms with E-state index in [4.69, 9.17) is 0 Å². The molecule has 0 aliphatic heterocycles. The van der Waals surface area contributed by atoms with Crippen LogP contribution in [-0.2, 0) is 16.6 Å². The minimum absolute atomic E-state index is 0.126. The first-order chi connectivity index (χ1) is 15.9. The van der Waals surface area contributed by atoms with Gasteiger partial charge in [-0.1, -0.05) is 78.4 Å². The normalized spacial score (nSPS) is 11.7. The van der Waals surface area contributed by atoms with Gasteiger partial charge in [0.2, 0.25) is 0 Å². The van der Waals surface area contributed by atoms with Gasteiger partial charge in [-0.25, -0.2) is 12.8 Å². The molecule has 33 heavy (non-hydrogen) atoms. The summed E-state index contributed by atoms with van der Waals surface area (Å²) >= 11 is 0. The molecule has 0 bridgehead atoms. The van der Waals surface area contributed by atoms with Crippen LogP contribution in [0.4, 0.5) is 10.1 Å². The summed E-state index contributed by atoms with van der Waals surface area (Å²) in [5.41, 5.74) is 2.26. The van der Waals surface area contributed by atoms with Gasteiger partial charge in [0.05, 0.1) is 17.1 Å². The lowest BCUT2D eigenvalue weighted by Gasteiger charge is -2.27. The molecule has 0 amide bonds. The molecule has 164 valence electrons. The number of sulfonamides is 1. The van der Waals surface area contributed by atoms with Crippen molar-refractivity contribution >= 4 is 37.3 Å². The Morgan fingerprint density at radius 1 is 0.727 bits per heavy atom. The maximum absolute atomic E-state index is 14.4. The van der Waals surface area contributed by atoms with Crippen molar-refractivity contribution in [3.05, 3.63) is 120 Å². The van der Waals surface area contributed by atoms with Crippen LogP contribution in [0.3, 0.4) is 0 Å². The Morgan fingerprint density at radius 2 is 1.42 bits per heavy atom. The summed E-state index contributed by atoms with van der Waals surface area (Å²) in [6.07, 6.45) is 0. The molecule has 0 saturated heterocycles. The van der Waals surface area contributed by atoms with Gasteiger partial charge < -0.3 is 0 Å². The van der Waals surface area contributed by atoms with Crippen molar-refractivity contribution in [2.24, 2.45) is 0 Å². The van der Waals surface area contributed by atoms with E-state index in [0.717, 1.165) is 27.3 Å². The van der Waals surface area contributed by atoms with Crippen LogP contribution in [0.15, 0.2) is 108 Å². The second kappa shape index (κ2) is 8.34. The summed E-state index contributed by atoms with van der Waals surface area (Å²) in [4.78, 5) is 0.196. The van der Waals surface area contributed by atoms with Crippen molar-refractivity contribution in [2.75, 3.05) is 4.31 Å². The highest BCUT2D eigenvalue weighted by molar-refractivity contribution is 7.92. The number of nitrogens with zero attached hydrogens (tertiary/aromatic N) is 1. The molecule has 0 aromatic heterocycles. The maximum atomic E-state index is 14.4. The third-order valence-corrected chi connectivity index (χ3v) is 7.62. The molecule has 0 heterocycles. The fourth-order valence-electron chi connectivity index (χ4n) is 4.15. The third-order valence-electron chi connectivity index (χ3n) is 5.85. The van der Waals surface area contributed by atoms with Gasteiger partial charge in [-0.3, -0.25) is 4.31 Å². The van der Waals surface area contributed by atoms with Crippen molar-refractivity contribution < 1.29 is 12.8 Å². The van der Waals surface area contributed by atoms with E-state index in [1.54, 1.807) is 30.3 Å². The van der Waals surface area contributed by atoms with Crippen LogP contribution in [0.25, 0.3) is 21.5 Å². The molecule has 0 fully saturated rings. The average molecular weight is 456 g/mol. The summed E-state index contributed by atoms with van der Waals surface area (Å²) in [6.45, 7) is 2.04. The zero-order valence-electron chi connectivity index (χ0n) is 18.1. The van der Waals surface area contributed by atoms with Gasteiger partial charge in [0.1, 0.15) is 5.82 Å². The Kier molecular flexibility index (Phi) is 5.35. The third kappa shape index (κ3) is 3.96. The smallest absolute Gasteiger partial charge is 0.261 e. The van der Waals surface area contributed by atoms with Crippen LogP contribution in [0.5, 0.6) is 0 Å². The minimum Gasteiger partial charge on any atom is -0.261 e. The summed E-state index contributed by atoms with van der Waals surface area (Å²) in [6, 6.07) is 30.4. The van der Waals surface area contributed by atoms with E-state index in [1.807, 2.05) is 67.6 Å². The van der Waals surface area contributed by atoms with Crippen LogP contribution in [-0.4, -0.2) is 8.42 Å². The molecular weight excluding hydrogens is 433 g/mol. The van der Waals surface area contributed by atoms with E-state index < -0.39 is 15.8 Å². The van der Waals surface area contributed by atoms with E-state index in [1.165, 1.54) is 16.4 Å². The molecule has 5 aromatic carbocycles. The number of anilines is 1. The predicted octanol–water partition coefficient (Wildman–Crippen LogP) is 6.84. The molecule has 0 spiro atoms. The molecule has 0 N–H and O–H groups in total. The summed E-state index contributed by atoms with van der Waals surface area (Å²) in [5.74, 6) is -0.411. The summed E-state index contributed by atoms with van der Waals surface area (Å²) in [7, 11) is -3.93. The van der Waals surface area contributed by atoms with Gasteiger partial charge in [0, 0.05) is 5.39 Å². The second-order valence-electron chi connectivity index (χ2n) is 8.12. The molecule has 0 aliphatic carbocycles. The Hall–Kier alpha value is -3.70. The van der Waals surface area contributed by atoms with Crippen LogP contribution < -0.4 is 4.31 Å². The largest absolute Gasteiger partial charge is 0.264 e. The standard InChI is InChI=1S/C28H22FNO2S/c1-20-11-14-24(15-12-20)33(31,32)30(19-21-7-3-2-4-8-21)28-17-22-9-5-6-10-25(22)26-16-13-23(29)18-27(26)28/h2-18H,19H2,1H3. The highest BCUT2D eigenvalue weighted by atomic mass is 32.2. The monoisotopic (exact) mass is 455 g/mol. The van der Waals surface area contributed by atoms with E-state index in [9.17, 15) is 12.8 Å². The molecular formula is C28H22FNO2S. The Labute approximate surface area is 192 Å². The molecule has 3 nitrogen and oxygen atoms in total. The topological polar surface area (TPSA) is 37.4 Å². The maximum Gasteiger partial charge on any atom is 0.264 e. The molecule has 5 heteroatoms. The van der Waals surface area contributed by atoms with Crippen molar-refractivity contribution in [3.63, 3.8) is 0 Å². The number of hydrogen-bond donors (Lipinski definition) is 0. The molecule has 0 aliphatic rings. The first-order valence-electron chi connectivity index (χ1n) is 10.7. The number of aryl methyl sites for hydroxylation is 1. The fraction of sp³-hybridized carbons (Fsp3) is 0.0714. The van der Waals surface area contributed by atoms with E-state index >= 15 is 0 Å². The summed E-state index contributed by atoms with van der Waals surface area (Å²) < 4.78 is 43.7. The Balaban J connectivity index is 1.81. The van der Waals surface area contributed by atoms with Gasteiger partial charge >= 0.3 is 0 Å². The number of benzene rings is 5. The molecule has 5 rings (SSSR count). The van der Waals surface area contributed by atoms with Gasteiger partial charge in [-0.2, -0.15) is 0 Å². The number of rotatable bonds is 5. The molecule has 5 aromatic rings. The minimum atomic E-state index is -3.93. The zero-order valence-corrected chi connectivity index (χ0v) is 18.9. The first-order valence-corrected chi connectivity index (χ1v) is 12.1. The molecule has 0 atom stereocenters. The molecule has 0 radical (unpaired) electrons. The van der Waals surface area contributed by atoms with Gasteiger partial charge in [0.25, 0.3) is 10.0 Å². The number of fused-ring (bicyclic) bond motifs is 3. The van der Waals surface area contributed by atoms with Crippen LogP contribution in [0.2, 0.25) is 0 Å². The van der Waals surface area contributed by atoms with E-state index in [-0.39, 0.29) is 11.4 Å². The lowest BCUT2D eigenvalue weighted by molar-refractivity contribution is 0.590. The lowest BCUT2D eigenvalue weighted by Crippen LogP contribution is -2.30. The Morgan fingerprint density at radius 3 is 2.18 bits per heavy atom. The van der Waals surface area contributed by atoms with Crippen LogP contribution in [0, 0.1) is 12.7 Å². The number of hydrogen-bond acceptors (Lipinski definition) is 2. The fourth-order valence-corrected chi connectivity index (χ4v) is 5.61. The van der Waals surface area contributed by atoms with Crippen LogP contribution >= 0.6 is 0 Å². The first kappa shape index (κ1) is 21.2. The van der Waals surface area contributed by atoms with Crippen molar-refractivity contribution in [2.45, 2.75) is 18.4 Å². The molecule has 0 saturated carbocycles. The van der Waals surface area contributed by atoms with Crippen LogP contribution in [0.1, 0.15) is 11.1 Å². The Bertz CT molecular complexity index is 1560. The van der Waals surface area contributed by atoms with E-state index in [0.29, 0.717) is 11.1 Å². The average Bonchev–Trinajstić information content (AvgIpc) is 2.83. The SMILES string of the molecule is Cc1ccc(S(=O)(=O)N(Cc2ccccc2)c2cc3ccccc3c3ccc(F)cc23)cc1. The van der Waals surface area contributed by atoms with Crippen molar-refractivity contribution in [1.29, 1.82) is 0 Å².